The summed E-state index contributed by atoms with van der Waals surface area (Å²) in [6.07, 6.45) is 4.55. The summed E-state index contributed by atoms with van der Waals surface area (Å²) in [5.74, 6) is 5.13. The first-order valence-electron chi connectivity index (χ1n) is 7.23. The molecule has 3 aliphatic rings. The summed E-state index contributed by atoms with van der Waals surface area (Å²) in [6, 6.07) is 9.26. The molecule has 3 saturated carbocycles. The molecule has 18 heavy (non-hydrogen) atoms. The lowest BCUT2D eigenvalue weighted by atomic mass is 10.0. The molecule has 0 radical (unpaired) electrons. The Kier molecular flexibility index (Phi) is 2.41. The summed E-state index contributed by atoms with van der Waals surface area (Å²) in [4.78, 5) is 0. The van der Waals surface area contributed by atoms with E-state index in [9.17, 15) is 0 Å². The third-order valence-corrected chi connectivity index (χ3v) is 5.44. The Morgan fingerprint density at radius 3 is 2.39 bits per heavy atom. The van der Waals surface area contributed by atoms with Crippen LogP contribution < -0.4 is 10.1 Å². The van der Waals surface area contributed by atoms with E-state index in [1.807, 2.05) is 0 Å². The third kappa shape index (κ3) is 1.58. The second-order valence-electron chi connectivity index (χ2n) is 6.24. The average Bonchev–Trinajstić information content (AvgIpc) is 2.81. The Bertz CT molecular complexity index is 425. The van der Waals surface area contributed by atoms with Crippen molar-refractivity contribution >= 4 is 0 Å². The van der Waals surface area contributed by atoms with Crippen molar-refractivity contribution in [3.63, 3.8) is 0 Å². The van der Waals surface area contributed by atoms with Gasteiger partial charge in [-0.25, -0.2) is 0 Å². The Morgan fingerprint density at radius 1 is 1.11 bits per heavy atom. The molecule has 1 aromatic carbocycles. The maximum atomic E-state index is 5.18. The van der Waals surface area contributed by atoms with Gasteiger partial charge in [0.25, 0.3) is 0 Å². The van der Waals surface area contributed by atoms with Crippen LogP contribution >= 0.6 is 0 Å². The van der Waals surface area contributed by atoms with Crippen LogP contribution in [0, 0.1) is 23.7 Å². The maximum absolute atomic E-state index is 5.18. The van der Waals surface area contributed by atoms with Gasteiger partial charge in [-0.3, -0.25) is 0 Å². The Labute approximate surface area is 109 Å². The van der Waals surface area contributed by atoms with E-state index >= 15 is 0 Å². The van der Waals surface area contributed by atoms with Crippen molar-refractivity contribution in [2.45, 2.75) is 31.8 Å². The number of hydrogen-bond donors (Lipinski definition) is 1. The number of rotatable bonds is 4. The maximum Gasteiger partial charge on any atom is 0.118 e. The van der Waals surface area contributed by atoms with Crippen LogP contribution in [0.4, 0.5) is 0 Å². The van der Waals surface area contributed by atoms with Gasteiger partial charge in [0.2, 0.25) is 0 Å². The Hall–Kier alpha value is -1.02. The molecule has 3 fully saturated rings. The molecule has 0 aromatic heterocycles. The van der Waals surface area contributed by atoms with Crippen LogP contribution in [0.2, 0.25) is 0 Å². The fourth-order valence-corrected chi connectivity index (χ4v) is 4.58. The lowest BCUT2D eigenvalue weighted by Crippen LogP contribution is -2.22. The van der Waals surface area contributed by atoms with Crippen molar-refractivity contribution in [1.29, 1.82) is 0 Å². The lowest BCUT2D eigenvalue weighted by molar-refractivity contribution is 0.414. The van der Waals surface area contributed by atoms with E-state index in [-0.39, 0.29) is 0 Å². The number of fused-ring (bicyclic) bond motifs is 5. The van der Waals surface area contributed by atoms with Crippen molar-refractivity contribution in [1.82, 2.24) is 5.32 Å². The van der Waals surface area contributed by atoms with Crippen LogP contribution in [-0.4, -0.2) is 13.2 Å². The molecule has 1 aromatic rings. The number of hydrogen-bond acceptors (Lipinski definition) is 2. The topological polar surface area (TPSA) is 21.3 Å². The highest BCUT2D eigenvalue weighted by molar-refractivity contribution is 5.27. The summed E-state index contributed by atoms with van der Waals surface area (Å²) >= 11 is 0. The number of nitrogens with one attached hydrogen (secondary N) is 1. The van der Waals surface area contributed by atoms with E-state index in [1.165, 1.54) is 24.8 Å². The van der Waals surface area contributed by atoms with Gasteiger partial charge in [0.15, 0.2) is 0 Å². The van der Waals surface area contributed by atoms with Gasteiger partial charge in [0.05, 0.1) is 7.11 Å². The molecular weight excluding hydrogens is 222 g/mol. The first-order valence-corrected chi connectivity index (χ1v) is 7.23. The molecule has 0 amide bonds. The molecule has 2 nitrogen and oxygen atoms in total. The summed E-state index contributed by atoms with van der Waals surface area (Å²) in [7, 11) is 1.72. The molecule has 3 aliphatic carbocycles. The van der Waals surface area contributed by atoms with Gasteiger partial charge < -0.3 is 10.1 Å². The van der Waals surface area contributed by atoms with E-state index in [0.29, 0.717) is 0 Å². The second-order valence-corrected chi connectivity index (χ2v) is 6.24. The second kappa shape index (κ2) is 3.99. The van der Waals surface area contributed by atoms with Gasteiger partial charge in [-0.1, -0.05) is 12.1 Å². The summed E-state index contributed by atoms with van der Waals surface area (Å²) in [6.45, 7) is 1.01. The zero-order valence-electron chi connectivity index (χ0n) is 10.9. The summed E-state index contributed by atoms with van der Waals surface area (Å²) in [5, 5.41) is 3.77. The zero-order valence-corrected chi connectivity index (χ0v) is 10.9. The highest BCUT2D eigenvalue weighted by Gasteiger charge is 2.64. The monoisotopic (exact) mass is 243 g/mol. The smallest absolute Gasteiger partial charge is 0.118 e. The van der Waals surface area contributed by atoms with E-state index in [4.69, 9.17) is 4.74 Å². The van der Waals surface area contributed by atoms with Crippen LogP contribution in [0.1, 0.15) is 24.8 Å². The van der Waals surface area contributed by atoms with Crippen LogP contribution in [0.25, 0.3) is 0 Å². The predicted molar refractivity (Wildman–Crippen MR) is 71.4 cm³/mol. The van der Waals surface area contributed by atoms with Crippen LogP contribution in [0.3, 0.4) is 0 Å². The molecule has 4 atom stereocenters. The largest absolute Gasteiger partial charge is 0.497 e. The lowest BCUT2D eigenvalue weighted by Gasteiger charge is -2.10. The SMILES string of the molecule is COc1ccc(CNC2C3C4CCC(C4)C23)cc1. The normalized spacial score (nSPS) is 39.7. The summed E-state index contributed by atoms with van der Waals surface area (Å²) in [5.41, 5.74) is 1.37. The Morgan fingerprint density at radius 2 is 1.78 bits per heavy atom. The van der Waals surface area contributed by atoms with Gasteiger partial charge in [0.1, 0.15) is 5.75 Å². The third-order valence-electron chi connectivity index (χ3n) is 5.44. The minimum Gasteiger partial charge on any atom is -0.497 e. The van der Waals surface area contributed by atoms with Crippen molar-refractivity contribution in [3.8, 4) is 5.75 Å². The van der Waals surface area contributed by atoms with E-state index in [0.717, 1.165) is 42.0 Å². The van der Waals surface area contributed by atoms with Crippen LogP contribution in [0.5, 0.6) is 5.75 Å². The van der Waals surface area contributed by atoms with Crippen molar-refractivity contribution in [2.24, 2.45) is 23.7 Å². The van der Waals surface area contributed by atoms with Crippen molar-refractivity contribution in [3.05, 3.63) is 29.8 Å². The fraction of sp³-hybridized carbons (Fsp3) is 0.625. The van der Waals surface area contributed by atoms with Crippen molar-refractivity contribution in [2.75, 3.05) is 7.11 Å². The van der Waals surface area contributed by atoms with Crippen molar-refractivity contribution < 1.29 is 4.74 Å². The van der Waals surface area contributed by atoms with Gasteiger partial charge in [-0.2, -0.15) is 0 Å². The van der Waals surface area contributed by atoms with E-state index < -0.39 is 0 Å². The highest BCUT2D eigenvalue weighted by atomic mass is 16.5. The standard InChI is InChI=1S/C16H21NO/c1-18-13-6-2-10(3-7-13)9-17-16-14-11-4-5-12(8-11)15(14)16/h2-3,6-7,11-12,14-17H,4-5,8-9H2,1H3. The quantitative estimate of drug-likeness (QED) is 0.878. The molecule has 0 heterocycles. The van der Waals surface area contributed by atoms with Gasteiger partial charge in [-0.15, -0.1) is 0 Å². The molecule has 0 spiro atoms. The minimum absolute atomic E-state index is 0.832. The minimum atomic E-state index is 0.832. The van der Waals surface area contributed by atoms with Gasteiger partial charge in [-0.05, 0) is 60.6 Å². The summed E-state index contributed by atoms with van der Waals surface area (Å²) < 4.78 is 5.18. The molecule has 4 rings (SSSR count). The number of methoxy groups -OCH3 is 1. The molecule has 1 N–H and O–H groups in total. The molecule has 2 heteroatoms. The van der Waals surface area contributed by atoms with E-state index in [1.54, 1.807) is 7.11 Å². The number of ether oxygens (including phenoxy) is 1. The fourth-order valence-electron chi connectivity index (χ4n) is 4.58. The molecular formula is C16H21NO. The van der Waals surface area contributed by atoms with Crippen LogP contribution in [-0.2, 0) is 6.54 Å². The molecule has 2 bridgehead atoms. The first-order chi connectivity index (χ1) is 8.86. The molecule has 96 valence electrons. The molecule has 0 aliphatic heterocycles. The molecule has 0 saturated heterocycles. The highest BCUT2D eigenvalue weighted by Crippen LogP contribution is 2.65. The first kappa shape index (κ1) is 10.9. The van der Waals surface area contributed by atoms with Gasteiger partial charge in [0, 0.05) is 12.6 Å². The number of benzene rings is 1. The Balaban J connectivity index is 1.34. The predicted octanol–water partition coefficient (Wildman–Crippen LogP) is 2.83. The van der Waals surface area contributed by atoms with Crippen LogP contribution in [0.15, 0.2) is 24.3 Å². The van der Waals surface area contributed by atoms with Gasteiger partial charge >= 0.3 is 0 Å². The zero-order chi connectivity index (χ0) is 12.1. The van der Waals surface area contributed by atoms with E-state index in [2.05, 4.69) is 29.6 Å². The molecule has 4 unspecified atom stereocenters. The average molecular weight is 243 g/mol.